The minimum Gasteiger partial charge on any atom is -0.382 e. The number of carbonyl (C=O) groups is 1. The second-order valence-electron chi connectivity index (χ2n) is 6.19. The molecule has 3 atom stereocenters. The van der Waals surface area contributed by atoms with Gasteiger partial charge in [0, 0.05) is 36.3 Å². The summed E-state index contributed by atoms with van der Waals surface area (Å²) >= 11 is 0. The Bertz CT molecular complexity index is 566. The highest BCUT2D eigenvalue weighted by Gasteiger charge is 2.40. The van der Waals surface area contributed by atoms with E-state index in [0.29, 0.717) is 18.4 Å². The van der Waals surface area contributed by atoms with Crippen LogP contribution < -0.4 is 10.2 Å². The average Bonchev–Trinajstić information content (AvgIpc) is 3.02. The summed E-state index contributed by atoms with van der Waals surface area (Å²) in [6, 6.07) is 8.88. The van der Waals surface area contributed by atoms with Crippen molar-refractivity contribution in [3.05, 3.63) is 36.4 Å². The number of benzene rings is 1. The van der Waals surface area contributed by atoms with E-state index in [1.807, 2.05) is 17.0 Å². The van der Waals surface area contributed by atoms with Gasteiger partial charge in [-0.3, -0.25) is 4.79 Å². The molecule has 4 rings (SSSR count). The third-order valence-corrected chi connectivity index (χ3v) is 4.95. The highest BCUT2D eigenvalue weighted by molar-refractivity contribution is 5.95. The fraction of sp³-hybridized carbons (Fsp3) is 0.471. The molecule has 20 heavy (non-hydrogen) atoms. The Morgan fingerprint density at radius 2 is 2.25 bits per heavy atom. The van der Waals surface area contributed by atoms with Crippen molar-refractivity contribution in [3.63, 3.8) is 0 Å². The van der Waals surface area contributed by atoms with Gasteiger partial charge in [0.15, 0.2) is 0 Å². The van der Waals surface area contributed by atoms with Crippen LogP contribution in [0.25, 0.3) is 0 Å². The second-order valence-corrected chi connectivity index (χ2v) is 6.19. The van der Waals surface area contributed by atoms with Crippen molar-refractivity contribution >= 4 is 17.3 Å². The van der Waals surface area contributed by atoms with Crippen LogP contribution in [0.5, 0.6) is 0 Å². The van der Waals surface area contributed by atoms with Crippen LogP contribution in [0, 0.1) is 11.8 Å². The highest BCUT2D eigenvalue weighted by atomic mass is 16.2. The molecular formula is C17H20N2O. The molecule has 1 heterocycles. The third kappa shape index (κ3) is 1.92. The van der Waals surface area contributed by atoms with Crippen molar-refractivity contribution < 1.29 is 4.79 Å². The molecule has 3 unspecified atom stereocenters. The second kappa shape index (κ2) is 4.65. The van der Waals surface area contributed by atoms with E-state index in [-0.39, 0.29) is 5.91 Å². The first-order valence-corrected chi connectivity index (χ1v) is 7.65. The van der Waals surface area contributed by atoms with Gasteiger partial charge in [0.05, 0.1) is 0 Å². The number of allylic oxidation sites excluding steroid dienone is 1. The molecule has 0 spiro atoms. The van der Waals surface area contributed by atoms with Crippen molar-refractivity contribution in [2.45, 2.75) is 31.7 Å². The van der Waals surface area contributed by atoms with Crippen LogP contribution in [-0.2, 0) is 4.79 Å². The fourth-order valence-corrected chi connectivity index (χ4v) is 3.78. The van der Waals surface area contributed by atoms with E-state index in [9.17, 15) is 4.79 Å². The molecule has 0 bridgehead atoms. The van der Waals surface area contributed by atoms with E-state index >= 15 is 0 Å². The molecule has 1 aromatic carbocycles. The molecular weight excluding hydrogens is 248 g/mol. The summed E-state index contributed by atoms with van der Waals surface area (Å²) in [6.45, 7) is 0.860. The summed E-state index contributed by atoms with van der Waals surface area (Å²) in [5, 5.41) is 3.64. The standard InChI is InChI=1S/C17H20N2O/c20-17-8-3-9-19(17)14-6-2-5-13(11-14)18-16-10-12-4-1-7-15(12)16/h1-2,5-7,11-12,15-16,18H,3-4,8-10H2. The topological polar surface area (TPSA) is 32.3 Å². The SMILES string of the molecule is O=C1CCCN1c1cccc(NC2CC3CC=CC32)c1. The fourth-order valence-electron chi connectivity index (χ4n) is 3.78. The minimum atomic E-state index is 0.254. The van der Waals surface area contributed by atoms with Gasteiger partial charge in [0.2, 0.25) is 5.91 Å². The summed E-state index contributed by atoms with van der Waals surface area (Å²) in [4.78, 5) is 13.7. The minimum absolute atomic E-state index is 0.254. The molecule has 1 N–H and O–H groups in total. The van der Waals surface area contributed by atoms with Crippen LogP contribution in [-0.4, -0.2) is 18.5 Å². The zero-order valence-electron chi connectivity index (χ0n) is 11.6. The van der Waals surface area contributed by atoms with Gasteiger partial charge >= 0.3 is 0 Å². The van der Waals surface area contributed by atoms with Crippen LogP contribution in [0.15, 0.2) is 36.4 Å². The first kappa shape index (κ1) is 12.0. The quantitative estimate of drug-likeness (QED) is 0.854. The predicted molar refractivity (Wildman–Crippen MR) is 80.8 cm³/mol. The lowest BCUT2D eigenvalue weighted by atomic mass is 9.71. The number of nitrogens with one attached hydrogen (secondary N) is 1. The largest absolute Gasteiger partial charge is 0.382 e. The van der Waals surface area contributed by atoms with E-state index in [1.54, 1.807) is 0 Å². The smallest absolute Gasteiger partial charge is 0.227 e. The van der Waals surface area contributed by atoms with Crippen LogP contribution in [0.4, 0.5) is 11.4 Å². The van der Waals surface area contributed by atoms with Crippen molar-refractivity contribution in [2.75, 3.05) is 16.8 Å². The molecule has 0 radical (unpaired) electrons. The van der Waals surface area contributed by atoms with Gasteiger partial charge in [-0.1, -0.05) is 18.2 Å². The van der Waals surface area contributed by atoms with Crippen LogP contribution in [0.1, 0.15) is 25.7 Å². The van der Waals surface area contributed by atoms with Crippen molar-refractivity contribution in [1.82, 2.24) is 0 Å². The summed E-state index contributed by atoms with van der Waals surface area (Å²) in [6.07, 6.45) is 8.87. The zero-order chi connectivity index (χ0) is 13.5. The maximum Gasteiger partial charge on any atom is 0.227 e. The molecule has 1 saturated carbocycles. The predicted octanol–water partition coefficient (Wildman–Crippen LogP) is 3.19. The Balaban J connectivity index is 1.49. The molecule has 2 fully saturated rings. The Morgan fingerprint density at radius 3 is 3.05 bits per heavy atom. The molecule has 0 aromatic heterocycles. The number of anilines is 2. The third-order valence-electron chi connectivity index (χ3n) is 4.95. The Hall–Kier alpha value is -1.77. The van der Waals surface area contributed by atoms with Gasteiger partial charge < -0.3 is 10.2 Å². The Morgan fingerprint density at radius 1 is 1.30 bits per heavy atom. The number of fused-ring (bicyclic) bond motifs is 1. The summed E-state index contributed by atoms with van der Waals surface area (Å²) in [5.74, 6) is 1.84. The maximum absolute atomic E-state index is 11.8. The molecule has 2 aliphatic carbocycles. The number of nitrogens with zero attached hydrogens (tertiary/aromatic N) is 1. The first-order valence-electron chi connectivity index (χ1n) is 7.65. The van der Waals surface area contributed by atoms with Crippen LogP contribution in [0.2, 0.25) is 0 Å². The van der Waals surface area contributed by atoms with E-state index < -0.39 is 0 Å². The molecule has 1 aliphatic heterocycles. The molecule has 1 saturated heterocycles. The lowest BCUT2D eigenvalue weighted by molar-refractivity contribution is -0.117. The number of amides is 1. The molecule has 1 aromatic rings. The van der Waals surface area contributed by atoms with Gasteiger partial charge in [-0.25, -0.2) is 0 Å². The van der Waals surface area contributed by atoms with E-state index in [4.69, 9.17) is 0 Å². The van der Waals surface area contributed by atoms with Gasteiger partial charge in [-0.2, -0.15) is 0 Å². The van der Waals surface area contributed by atoms with E-state index in [2.05, 4.69) is 29.6 Å². The normalized spacial score (nSPS) is 31.3. The average molecular weight is 268 g/mol. The maximum atomic E-state index is 11.8. The molecule has 3 aliphatic rings. The molecule has 3 nitrogen and oxygen atoms in total. The van der Waals surface area contributed by atoms with Gasteiger partial charge in [-0.15, -0.1) is 0 Å². The zero-order valence-corrected chi connectivity index (χ0v) is 11.6. The van der Waals surface area contributed by atoms with Crippen molar-refractivity contribution in [2.24, 2.45) is 11.8 Å². The van der Waals surface area contributed by atoms with Gasteiger partial charge in [-0.05, 0) is 43.4 Å². The monoisotopic (exact) mass is 268 g/mol. The van der Waals surface area contributed by atoms with Crippen molar-refractivity contribution in [3.8, 4) is 0 Å². The molecule has 104 valence electrons. The van der Waals surface area contributed by atoms with Crippen molar-refractivity contribution in [1.29, 1.82) is 0 Å². The van der Waals surface area contributed by atoms with Gasteiger partial charge in [0.25, 0.3) is 0 Å². The van der Waals surface area contributed by atoms with E-state index in [1.165, 1.54) is 12.8 Å². The number of rotatable bonds is 3. The highest BCUT2D eigenvalue weighted by Crippen LogP contribution is 2.44. The number of carbonyl (C=O) groups excluding carboxylic acids is 1. The lowest BCUT2D eigenvalue weighted by Crippen LogP contribution is -2.43. The number of hydrogen-bond donors (Lipinski definition) is 1. The summed E-state index contributed by atoms with van der Waals surface area (Å²) in [5.41, 5.74) is 2.18. The lowest BCUT2D eigenvalue weighted by Gasteiger charge is -2.41. The van der Waals surface area contributed by atoms with Crippen LogP contribution >= 0.6 is 0 Å². The molecule has 3 heteroatoms. The summed E-state index contributed by atoms with van der Waals surface area (Å²) < 4.78 is 0. The Kier molecular flexibility index (Phi) is 2.79. The first-order chi connectivity index (χ1) is 9.81. The molecule has 1 amide bonds. The van der Waals surface area contributed by atoms with Gasteiger partial charge in [0.1, 0.15) is 0 Å². The number of hydrogen-bond acceptors (Lipinski definition) is 2. The van der Waals surface area contributed by atoms with Crippen LogP contribution in [0.3, 0.4) is 0 Å². The Labute approximate surface area is 119 Å². The van der Waals surface area contributed by atoms with E-state index in [0.717, 1.165) is 30.3 Å². The summed E-state index contributed by atoms with van der Waals surface area (Å²) in [7, 11) is 0.